The molecule has 0 amide bonds. The van der Waals surface area contributed by atoms with Crippen molar-refractivity contribution >= 4 is 12.0 Å². The Morgan fingerprint density at radius 2 is 2.11 bits per heavy atom. The number of tetrazole rings is 1. The van der Waals surface area contributed by atoms with Crippen LogP contribution in [-0.2, 0) is 6.54 Å². The molecule has 1 N–H and O–H groups in total. The summed E-state index contributed by atoms with van der Waals surface area (Å²) < 4.78 is 1.66. The first-order valence-electron chi connectivity index (χ1n) is 5.72. The van der Waals surface area contributed by atoms with Gasteiger partial charge in [-0.2, -0.15) is 0 Å². The van der Waals surface area contributed by atoms with Crippen molar-refractivity contribution in [2.24, 2.45) is 0 Å². The molecule has 2 aromatic rings. The van der Waals surface area contributed by atoms with Gasteiger partial charge in [0, 0.05) is 6.54 Å². The molecule has 0 radical (unpaired) electrons. The molecule has 18 heavy (non-hydrogen) atoms. The van der Waals surface area contributed by atoms with E-state index in [4.69, 9.17) is 0 Å². The fraction of sp³-hybridized carbons (Fsp3) is 0.154. The maximum atomic E-state index is 3.89. The molecule has 0 saturated heterocycles. The van der Waals surface area contributed by atoms with Gasteiger partial charge in [0.25, 0.3) is 0 Å². The van der Waals surface area contributed by atoms with E-state index in [2.05, 4.69) is 45.6 Å². The lowest BCUT2D eigenvalue weighted by Crippen LogP contribution is -2.07. The number of hydrogen-bond acceptors (Lipinski definition) is 4. The van der Waals surface area contributed by atoms with E-state index in [1.807, 2.05) is 24.3 Å². The molecule has 0 aliphatic carbocycles. The van der Waals surface area contributed by atoms with Crippen molar-refractivity contribution in [3.05, 3.63) is 54.6 Å². The Kier molecular flexibility index (Phi) is 4.24. The van der Waals surface area contributed by atoms with Gasteiger partial charge in [-0.05, 0) is 16.0 Å². The van der Waals surface area contributed by atoms with Crippen molar-refractivity contribution in [2.45, 2.75) is 6.54 Å². The molecule has 0 atom stereocenters. The molecule has 1 heterocycles. The van der Waals surface area contributed by atoms with Gasteiger partial charge >= 0.3 is 0 Å². The standard InChI is InChI=1S/C13H15N5/c1-2-11-18-13(15-16-17-18)14-10-6-9-12-7-4-3-5-8-12/h2-9H,1,10-11H2,(H,14,15,17)/b9-6-. The highest BCUT2D eigenvalue weighted by atomic mass is 15.6. The van der Waals surface area contributed by atoms with E-state index in [1.54, 1.807) is 10.8 Å². The van der Waals surface area contributed by atoms with Gasteiger partial charge in [-0.1, -0.05) is 53.7 Å². The number of allylic oxidation sites excluding steroid dienone is 1. The molecule has 1 aromatic heterocycles. The SMILES string of the molecule is C=CCn1nnnc1NC/C=C\c1ccccc1. The Morgan fingerprint density at radius 3 is 2.89 bits per heavy atom. The van der Waals surface area contributed by atoms with Crippen molar-refractivity contribution in [2.75, 3.05) is 11.9 Å². The highest BCUT2D eigenvalue weighted by Crippen LogP contribution is 2.02. The number of anilines is 1. The summed E-state index contributed by atoms with van der Waals surface area (Å²) >= 11 is 0. The van der Waals surface area contributed by atoms with E-state index < -0.39 is 0 Å². The summed E-state index contributed by atoms with van der Waals surface area (Å²) in [5.41, 5.74) is 1.17. The van der Waals surface area contributed by atoms with E-state index in [0.29, 0.717) is 19.0 Å². The highest BCUT2D eigenvalue weighted by Gasteiger charge is 2.00. The van der Waals surface area contributed by atoms with Gasteiger partial charge in [-0.25, -0.2) is 4.68 Å². The topological polar surface area (TPSA) is 55.6 Å². The van der Waals surface area contributed by atoms with Crippen molar-refractivity contribution < 1.29 is 0 Å². The second-order valence-corrected chi connectivity index (χ2v) is 3.67. The molecule has 0 aliphatic rings. The van der Waals surface area contributed by atoms with Crippen LogP contribution in [0, 0.1) is 0 Å². The first kappa shape index (κ1) is 12.0. The zero-order chi connectivity index (χ0) is 12.6. The minimum absolute atomic E-state index is 0.595. The van der Waals surface area contributed by atoms with E-state index in [-0.39, 0.29) is 0 Å². The molecule has 0 unspecified atom stereocenters. The fourth-order valence-electron chi connectivity index (χ4n) is 1.49. The lowest BCUT2D eigenvalue weighted by molar-refractivity contribution is 0.665. The first-order valence-corrected chi connectivity index (χ1v) is 5.72. The summed E-state index contributed by atoms with van der Waals surface area (Å²) in [5, 5.41) is 14.5. The molecule has 1 aromatic carbocycles. The van der Waals surface area contributed by atoms with Crippen molar-refractivity contribution in [1.82, 2.24) is 20.2 Å². The predicted molar refractivity (Wildman–Crippen MR) is 72.0 cm³/mol. The van der Waals surface area contributed by atoms with Crippen LogP contribution in [0.25, 0.3) is 6.08 Å². The van der Waals surface area contributed by atoms with Crippen LogP contribution in [-0.4, -0.2) is 26.8 Å². The molecule has 0 aliphatic heterocycles. The van der Waals surface area contributed by atoms with Crippen LogP contribution in [0.5, 0.6) is 0 Å². The molecular weight excluding hydrogens is 226 g/mol. The van der Waals surface area contributed by atoms with Gasteiger partial charge in [0.05, 0.1) is 6.54 Å². The van der Waals surface area contributed by atoms with Gasteiger partial charge < -0.3 is 5.32 Å². The molecule has 0 spiro atoms. The third-order valence-electron chi connectivity index (χ3n) is 2.32. The van der Waals surface area contributed by atoms with Crippen LogP contribution in [0.1, 0.15) is 5.56 Å². The van der Waals surface area contributed by atoms with Gasteiger partial charge in [0.2, 0.25) is 5.95 Å². The fourth-order valence-corrected chi connectivity index (χ4v) is 1.49. The van der Waals surface area contributed by atoms with E-state index in [9.17, 15) is 0 Å². The van der Waals surface area contributed by atoms with Crippen LogP contribution in [0.3, 0.4) is 0 Å². The van der Waals surface area contributed by atoms with Crippen LogP contribution < -0.4 is 5.32 Å². The van der Waals surface area contributed by atoms with Crippen LogP contribution >= 0.6 is 0 Å². The molecule has 0 saturated carbocycles. The Hall–Kier alpha value is -2.43. The summed E-state index contributed by atoms with van der Waals surface area (Å²) in [4.78, 5) is 0. The lowest BCUT2D eigenvalue weighted by atomic mass is 10.2. The monoisotopic (exact) mass is 241 g/mol. The predicted octanol–water partition coefficient (Wildman–Crippen LogP) is 1.98. The van der Waals surface area contributed by atoms with Crippen LogP contribution in [0.15, 0.2) is 49.1 Å². The summed E-state index contributed by atoms with van der Waals surface area (Å²) in [7, 11) is 0. The zero-order valence-corrected chi connectivity index (χ0v) is 10.0. The first-order chi connectivity index (χ1) is 8.90. The number of nitrogens with one attached hydrogen (secondary N) is 1. The summed E-state index contributed by atoms with van der Waals surface area (Å²) in [6.45, 7) is 4.92. The Bertz CT molecular complexity index is 515. The van der Waals surface area contributed by atoms with E-state index in [1.165, 1.54) is 5.56 Å². The summed E-state index contributed by atoms with van der Waals surface area (Å²) in [5.74, 6) is 0.646. The normalized spacial score (nSPS) is 10.7. The van der Waals surface area contributed by atoms with Crippen molar-refractivity contribution in [3.63, 3.8) is 0 Å². The number of hydrogen-bond donors (Lipinski definition) is 1. The Balaban J connectivity index is 1.86. The van der Waals surface area contributed by atoms with Crippen LogP contribution in [0.2, 0.25) is 0 Å². The smallest absolute Gasteiger partial charge is 0.243 e. The second kappa shape index (κ2) is 6.34. The van der Waals surface area contributed by atoms with E-state index in [0.717, 1.165) is 0 Å². The molecule has 2 rings (SSSR count). The maximum Gasteiger partial charge on any atom is 0.243 e. The largest absolute Gasteiger partial charge is 0.350 e. The summed E-state index contributed by atoms with van der Waals surface area (Å²) in [6, 6.07) is 10.1. The molecule has 0 bridgehead atoms. The van der Waals surface area contributed by atoms with Gasteiger partial charge in [-0.3, -0.25) is 0 Å². The summed E-state index contributed by atoms with van der Waals surface area (Å²) in [6.07, 6.45) is 5.83. The zero-order valence-electron chi connectivity index (χ0n) is 10.0. The number of aromatic nitrogens is 4. The Labute approximate surface area is 106 Å². The maximum absolute atomic E-state index is 3.89. The average Bonchev–Trinajstić information content (AvgIpc) is 2.84. The van der Waals surface area contributed by atoms with Gasteiger partial charge in [0.1, 0.15) is 0 Å². The van der Waals surface area contributed by atoms with E-state index >= 15 is 0 Å². The molecule has 92 valence electrons. The van der Waals surface area contributed by atoms with Crippen LogP contribution in [0.4, 0.5) is 5.95 Å². The molecule has 5 heteroatoms. The quantitative estimate of drug-likeness (QED) is 0.786. The van der Waals surface area contributed by atoms with Gasteiger partial charge in [0.15, 0.2) is 0 Å². The number of rotatable bonds is 6. The molecular formula is C13H15N5. The minimum atomic E-state index is 0.595. The third-order valence-corrected chi connectivity index (χ3v) is 2.32. The lowest BCUT2D eigenvalue weighted by Gasteiger charge is -2.01. The molecule has 0 fully saturated rings. The second-order valence-electron chi connectivity index (χ2n) is 3.67. The van der Waals surface area contributed by atoms with Crippen molar-refractivity contribution in [3.8, 4) is 0 Å². The highest BCUT2D eigenvalue weighted by molar-refractivity contribution is 5.49. The van der Waals surface area contributed by atoms with Crippen molar-refractivity contribution in [1.29, 1.82) is 0 Å². The average molecular weight is 241 g/mol. The third kappa shape index (κ3) is 3.28. The molecule has 5 nitrogen and oxygen atoms in total. The number of nitrogens with zero attached hydrogens (tertiary/aromatic N) is 4. The number of benzene rings is 1. The Morgan fingerprint density at radius 1 is 1.28 bits per heavy atom. The minimum Gasteiger partial charge on any atom is -0.350 e. The van der Waals surface area contributed by atoms with Gasteiger partial charge in [-0.15, -0.1) is 6.58 Å².